The zero-order valence-corrected chi connectivity index (χ0v) is 8.65. The highest BCUT2D eigenvalue weighted by Gasteiger charge is 2.22. The van der Waals surface area contributed by atoms with Gasteiger partial charge in [0.25, 0.3) is 0 Å². The van der Waals surface area contributed by atoms with E-state index >= 15 is 0 Å². The van der Waals surface area contributed by atoms with Gasteiger partial charge in [-0.3, -0.25) is 0 Å². The first-order chi connectivity index (χ1) is 7.16. The van der Waals surface area contributed by atoms with Gasteiger partial charge >= 0.3 is 0 Å². The Labute approximate surface area is 89.9 Å². The maximum absolute atomic E-state index is 9.37. The molecule has 1 aliphatic carbocycles. The summed E-state index contributed by atoms with van der Waals surface area (Å²) in [5, 5.41) is 9.37. The molecule has 15 heavy (non-hydrogen) atoms. The SMILES string of the molecule is [CH2]C(O)c1cc(OCC2CC2)ccc1N. The number of aliphatic hydroxyl groups excluding tert-OH is 1. The van der Waals surface area contributed by atoms with Gasteiger partial charge < -0.3 is 15.6 Å². The van der Waals surface area contributed by atoms with E-state index in [1.165, 1.54) is 12.8 Å². The molecule has 0 saturated heterocycles. The molecule has 0 aromatic heterocycles. The van der Waals surface area contributed by atoms with Crippen LogP contribution >= 0.6 is 0 Å². The van der Waals surface area contributed by atoms with Crippen LogP contribution < -0.4 is 10.5 Å². The van der Waals surface area contributed by atoms with E-state index in [1.54, 1.807) is 12.1 Å². The molecule has 1 aromatic rings. The quantitative estimate of drug-likeness (QED) is 0.740. The molecule has 1 fully saturated rings. The Kier molecular flexibility index (Phi) is 2.82. The van der Waals surface area contributed by atoms with Gasteiger partial charge in [0.05, 0.1) is 12.7 Å². The second-order valence-electron chi connectivity index (χ2n) is 4.06. The van der Waals surface area contributed by atoms with Crippen LogP contribution in [0.2, 0.25) is 0 Å². The Morgan fingerprint density at radius 3 is 2.87 bits per heavy atom. The van der Waals surface area contributed by atoms with Crippen LogP contribution in [0, 0.1) is 12.8 Å². The lowest BCUT2D eigenvalue weighted by atomic mass is 10.1. The second-order valence-corrected chi connectivity index (χ2v) is 4.06. The first-order valence-corrected chi connectivity index (χ1v) is 5.20. The average molecular weight is 206 g/mol. The minimum absolute atomic E-state index is 0.552. The number of hydrogen-bond donors (Lipinski definition) is 2. The molecule has 1 aromatic carbocycles. The summed E-state index contributed by atoms with van der Waals surface area (Å²) in [5.74, 6) is 1.48. The van der Waals surface area contributed by atoms with E-state index in [9.17, 15) is 5.11 Å². The zero-order valence-electron chi connectivity index (χ0n) is 8.65. The molecule has 1 radical (unpaired) electrons. The molecule has 81 valence electrons. The third-order valence-electron chi connectivity index (χ3n) is 2.60. The molecule has 1 saturated carbocycles. The number of hydrogen-bond acceptors (Lipinski definition) is 3. The smallest absolute Gasteiger partial charge is 0.119 e. The number of rotatable bonds is 4. The molecule has 2 rings (SSSR count). The molecular formula is C12H16NO2. The van der Waals surface area contributed by atoms with Crippen molar-refractivity contribution in [2.75, 3.05) is 12.3 Å². The maximum atomic E-state index is 9.37. The molecule has 3 N–H and O–H groups in total. The van der Waals surface area contributed by atoms with E-state index in [0.717, 1.165) is 18.3 Å². The van der Waals surface area contributed by atoms with Gasteiger partial charge in [-0.25, -0.2) is 0 Å². The molecule has 0 amide bonds. The molecule has 0 aliphatic heterocycles. The summed E-state index contributed by atoms with van der Waals surface area (Å²) in [4.78, 5) is 0. The molecular weight excluding hydrogens is 190 g/mol. The number of benzene rings is 1. The second kappa shape index (κ2) is 4.11. The predicted molar refractivity (Wildman–Crippen MR) is 59.4 cm³/mol. The van der Waals surface area contributed by atoms with Crippen molar-refractivity contribution in [3.8, 4) is 5.75 Å². The largest absolute Gasteiger partial charge is 0.493 e. The fourth-order valence-corrected chi connectivity index (χ4v) is 1.43. The summed E-state index contributed by atoms with van der Waals surface area (Å²) >= 11 is 0. The highest BCUT2D eigenvalue weighted by molar-refractivity contribution is 5.51. The lowest BCUT2D eigenvalue weighted by molar-refractivity contribution is 0.225. The fraction of sp³-hybridized carbons (Fsp3) is 0.417. The highest BCUT2D eigenvalue weighted by atomic mass is 16.5. The number of nitrogens with two attached hydrogens (primary N) is 1. The van der Waals surface area contributed by atoms with Gasteiger partial charge in [-0.2, -0.15) is 0 Å². The van der Waals surface area contributed by atoms with Crippen LogP contribution in [-0.4, -0.2) is 11.7 Å². The van der Waals surface area contributed by atoms with E-state index < -0.39 is 6.10 Å². The molecule has 0 heterocycles. The Bertz CT molecular complexity index is 345. The van der Waals surface area contributed by atoms with Crippen molar-refractivity contribution in [1.82, 2.24) is 0 Å². The van der Waals surface area contributed by atoms with Gasteiger partial charge in [0.2, 0.25) is 0 Å². The van der Waals surface area contributed by atoms with E-state index in [1.807, 2.05) is 6.07 Å². The van der Waals surface area contributed by atoms with E-state index in [2.05, 4.69) is 6.92 Å². The Hall–Kier alpha value is -1.22. The molecule has 1 atom stereocenters. The van der Waals surface area contributed by atoms with Gasteiger partial charge in [0, 0.05) is 11.3 Å². The number of anilines is 1. The van der Waals surface area contributed by atoms with Gasteiger partial charge in [0.1, 0.15) is 5.75 Å². The predicted octanol–water partition coefficient (Wildman–Crippen LogP) is 1.93. The summed E-state index contributed by atoms with van der Waals surface area (Å²) in [5.41, 5.74) is 6.88. The van der Waals surface area contributed by atoms with Crippen LogP contribution in [0.1, 0.15) is 24.5 Å². The van der Waals surface area contributed by atoms with E-state index in [0.29, 0.717) is 11.3 Å². The minimum atomic E-state index is -0.797. The topological polar surface area (TPSA) is 55.5 Å². The summed E-state index contributed by atoms with van der Waals surface area (Å²) in [6, 6.07) is 5.32. The van der Waals surface area contributed by atoms with Gasteiger partial charge in [0.15, 0.2) is 0 Å². The van der Waals surface area contributed by atoms with Gasteiger partial charge in [-0.15, -0.1) is 0 Å². The Morgan fingerprint density at radius 2 is 2.27 bits per heavy atom. The summed E-state index contributed by atoms with van der Waals surface area (Å²) in [7, 11) is 0. The number of aliphatic hydroxyl groups is 1. The Balaban J connectivity index is 2.06. The van der Waals surface area contributed by atoms with Crippen molar-refractivity contribution < 1.29 is 9.84 Å². The van der Waals surface area contributed by atoms with Crippen LogP contribution in [-0.2, 0) is 0 Å². The lowest BCUT2D eigenvalue weighted by Gasteiger charge is -2.11. The zero-order chi connectivity index (χ0) is 10.8. The number of nitrogen functional groups attached to an aromatic ring is 1. The van der Waals surface area contributed by atoms with Crippen LogP contribution in [0.25, 0.3) is 0 Å². The normalized spacial score (nSPS) is 17.5. The van der Waals surface area contributed by atoms with Crippen molar-refractivity contribution in [2.45, 2.75) is 18.9 Å². The highest BCUT2D eigenvalue weighted by Crippen LogP contribution is 2.31. The van der Waals surface area contributed by atoms with Crippen molar-refractivity contribution >= 4 is 5.69 Å². The summed E-state index contributed by atoms with van der Waals surface area (Å²) < 4.78 is 5.58. The standard InChI is InChI=1S/C12H16NO2/c1-8(14)11-6-10(4-5-12(11)13)15-7-9-2-3-9/h4-6,8-9,14H,1-3,7,13H2. The van der Waals surface area contributed by atoms with Crippen molar-refractivity contribution in [2.24, 2.45) is 5.92 Å². The van der Waals surface area contributed by atoms with Crippen molar-refractivity contribution in [3.63, 3.8) is 0 Å². The van der Waals surface area contributed by atoms with E-state index in [4.69, 9.17) is 10.5 Å². The first kappa shape index (κ1) is 10.3. The van der Waals surface area contributed by atoms with Crippen LogP contribution in [0.4, 0.5) is 5.69 Å². The minimum Gasteiger partial charge on any atom is -0.493 e. The van der Waals surface area contributed by atoms with Crippen LogP contribution in [0.3, 0.4) is 0 Å². The van der Waals surface area contributed by atoms with Crippen molar-refractivity contribution in [1.29, 1.82) is 0 Å². The maximum Gasteiger partial charge on any atom is 0.119 e. The van der Waals surface area contributed by atoms with Gasteiger partial charge in [-0.1, -0.05) is 0 Å². The first-order valence-electron chi connectivity index (χ1n) is 5.20. The molecule has 1 unspecified atom stereocenters. The molecule has 0 spiro atoms. The molecule has 0 bridgehead atoms. The monoisotopic (exact) mass is 206 g/mol. The van der Waals surface area contributed by atoms with E-state index in [-0.39, 0.29) is 0 Å². The Morgan fingerprint density at radius 1 is 1.53 bits per heavy atom. The summed E-state index contributed by atoms with van der Waals surface area (Å²) in [6.07, 6.45) is 1.73. The third-order valence-corrected chi connectivity index (χ3v) is 2.60. The summed E-state index contributed by atoms with van der Waals surface area (Å²) in [6.45, 7) is 4.30. The lowest BCUT2D eigenvalue weighted by Crippen LogP contribution is -2.02. The molecule has 1 aliphatic rings. The average Bonchev–Trinajstić information content (AvgIpc) is 3.00. The van der Waals surface area contributed by atoms with Gasteiger partial charge in [-0.05, 0) is 43.9 Å². The fourth-order valence-electron chi connectivity index (χ4n) is 1.43. The van der Waals surface area contributed by atoms with Crippen molar-refractivity contribution in [3.05, 3.63) is 30.7 Å². The number of ether oxygens (including phenoxy) is 1. The third kappa shape index (κ3) is 2.63. The van der Waals surface area contributed by atoms with Crippen LogP contribution in [0.5, 0.6) is 5.75 Å². The van der Waals surface area contributed by atoms with Crippen LogP contribution in [0.15, 0.2) is 18.2 Å². The molecule has 3 nitrogen and oxygen atoms in total. The molecule has 3 heteroatoms.